The first kappa shape index (κ1) is 15.2. The van der Waals surface area contributed by atoms with Gasteiger partial charge in [0.25, 0.3) is 0 Å². The molecule has 0 amide bonds. The lowest BCUT2D eigenvalue weighted by Gasteiger charge is -2.32. The van der Waals surface area contributed by atoms with Gasteiger partial charge in [0, 0.05) is 63.5 Å². The van der Waals surface area contributed by atoms with Crippen molar-refractivity contribution in [3.8, 4) is 11.3 Å². The molecule has 5 nitrogen and oxygen atoms in total. The Kier molecular flexibility index (Phi) is 4.57. The minimum atomic E-state index is -0.645. The van der Waals surface area contributed by atoms with Crippen LogP contribution in [0.25, 0.3) is 11.3 Å². The summed E-state index contributed by atoms with van der Waals surface area (Å²) in [5, 5.41) is 18.4. The Balaban J connectivity index is 1.66. The lowest BCUT2D eigenvalue weighted by atomic mass is 9.94. The van der Waals surface area contributed by atoms with Gasteiger partial charge in [-0.15, -0.1) is 0 Å². The summed E-state index contributed by atoms with van der Waals surface area (Å²) in [6.45, 7) is 2.56. The largest absolute Gasteiger partial charge is 0.388 e. The summed E-state index contributed by atoms with van der Waals surface area (Å²) in [7, 11) is 1.93. The summed E-state index contributed by atoms with van der Waals surface area (Å²) >= 11 is 0. The van der Waals surface area contributed by atoms with Crippen molar-refractivity contribution in [2.45, 2.75) is 25.0 Å². The fraction of sp³-hybridized carbons (Fsp3) is 0.471. The maximum atomic E-state index is 10.5. The van der Waals surface area contributed by atoms with E-state index in [1.165, 1.54) is 0 Å². The Hall–Kier alpha value is -1.69. The van der Waals surface area contributed by atoms with E-state index in [2.05, 4.69) is 22.5 Å². The summed E-state index contributed by atoms with van der Waals surface area (Å²) in [5.74, 6) is 0. The number of hydrogen-bond acceptors (Lipinski definition) is 4. The second-order valence-electron chi connectivity index (χ2n) is 5.98. The average molecular weight is 301 g/mol. The van der Waals surface area contributed by atoms with Gasteiger partial charge in [0.05, 0.1) is 11.3 Å². The molecule has 1 aliphatic rings. The van der Waals surface area contributed by atoms with Crippen molar-refractivity contribution in [3.63, 3.8) is 0 Å². The van der Waals surface area contributed by atoms with Crippen LogP contribution in [-0.2, 0) is 18.3 Å². The number of aliphatic hydroxyl groups is 1. The molecule has 0 radical (unpaired) electrons. The molecule has 3 rings (SSSR count). The minimum Gasteiger partial charge on any atom is -0.388 e. The highest BCUT2D eigenvalue weighted by atomic mass is 16.5. The van der Waals surface area contributed by atoms with Gasteiger partial charge in [0.15, 0.2) is 0 Å². The van der Waals surface area contributed by atoms with Gasteiger partial charge in [-0.25, -0.2) is 0 Å². The summed E-state index contributed by atoms with van der Waals surface area (Å²) in [4.78, 5) is 0. The van der Waals surface area contributed by atoms with Crippen LogP contribution < -0.4 is 5.32 Å². The Bertz CT molecular complexity index is 604. The third-order valence-electron chi connectivity index (χ3n) is 4.14. The second kappa shape index (κ2) is 6.60. The van der Waals surface area contributed by atoms with E-state index in [1.54, 1.807) is 0 Å². The van der Waals surface area contributed by atoms with Crippen molar-refractivity contribution < 1.29 is 9.84 Å². The molecule has 0 atom stereocenters. The van der Waals surface area contributed by atoms with Gasteiger partial charge in [-0.1, -0.05) is 30.3 Å². The first-order valence-corrected chi connectivity index (χ1v) is 7.75. The highest BCUT2D eigenvalue weighted by molar-refractivity contribution is 5.62. The van der Waals surface area contributed by atoms with E-state index in [4.69, 9.17) is 4.74 Å². The fourth-order valence-corrected chi connectivity index (χ4v) is 2.86. The van der Waals surface area contributed by atoms with Crippen molar-refractivity contribution in [2.75, 3.05) is 19.8 Å². The monoisotopic (exact) mass is 301 g/mol. The highest BCUT2D eigenvalue weighted by Crippen LogP contribution is 2.22. The van der Waals surface area contributed by atoms with Gasteiger partial charge >= 0.3 is 0 Å². The van der Waals surface area contributed by atoms with Crippen LogP contribution in [0.4, 0.5) is 0 Å². The number of rotatable bonds is 5. The van der Waals surface area contributed by atoms with Crippen LogP contribution in [0.2, 0.25) is 0 Å². The minimum absolute atomic E-state index is 0.583. The van der Waals surface area contributed by atoms with Crippen molar-refractivity contribution in [1.29, 1.82) is 0 Å². The van der Waals surface area contributed by atoms with Crippen LogP contribution in [0.1, 0.15) is 18.4 Å². The smallest absolute Gasteiger partial charge is 0.0967 e. The maximum absolute atomic E-state index is 10.5. The Morgan fingerprint density at radius 2 is 2.00 bits per heavy atom. The zero-order chi connectivity index (χ0) is 15.4. The molecular formula is C17H23N3O2. The van der Waals surface area contributed by atoms with Crippen LogP contribution in [0.5, 0.6) is 0 Å². The quantitative estimate of drug-likeness (QED) is 0.883. The van der Waals surface area contributed by atoms with Crippen molar-refractivity contribution in [2.24, 2.45) is 7.05 Å². The molecule has 0 aliphatic carbocycles. The zero-order valence-corrected chi connectivity index (χ0v) is 13.0. The van der Waals surface area contributed by atoms with Gasteiger partial charge in [-0.05, 0) is 0 Å². The first-order valence-electron chi connectivity index (χ1n) is 7.75. The third-order valence-corrected chi connectivity index (χ3v) is 4.14. The lowest BCUT2D eigenvalue weighted by molar-refractivity contribution is -0.0616. The van der Waals surface area contributed by atoms with Crippen molar-refractivity contribution >= 4 is 0 Å². The van der Waals surface area contributed by atoms with E-state index in [0.717, 1.165) is 16.8 Å². The number of ether oxygens (including phenoxy) is 1. The molecular weight excluding hydrogens is 278 g/mol. The van der Waals surface area contributed by atoms with Crippen LogP contribution in [0.3, 0.4) is 0 Å². The van der Waals surface area contributed by atoms with E-state index in [1.807, 2.05) is 36.1 Å². The van der Waals surface area contributed by atoms with E-state index in [0.29, 0.717) is 39.1 Å². The van der Waals surface area contributed by atoms with Gasteiger partial charge in [-0.2, -0.15) is 5.10 Å². The number of aryl methyl sites for hydroxylation is 1. The molecule has 0 bridgehead atoms. The molecule has 2 aromatic rings. The summed E-state index contributed by atoms with van der Waals surface area (Å²) in [6.07, 6.45) is 3.42. The van der Waals surface area contributed by atoms with E-state index in [9.17, 15) is 5.11 Å². The highest BCUT2D eigenvalue weighted by Gasteiger charge is 2.29. The van der Waals surface area contributed by atoms with E-state index in [-0.39, 0.29) is 0 Å². The molecule has 2 heterocycles. The molecule has 0 unspecified atom stereocenters. The maximum Gasteiger partial charge on any atom is 0.0967 e. The summed E-state index contributed by atoms with van der Waals surface area (Å²) in [6, 6.07) is 10.2. The zero-order valence-electron chi connectivity index (χ0n) is 13.0. The lowest BCUT2D eigenvalue weighted by Crippen LogP contribution is -2.44. The van der Waals surface area contributed by atoms with Crippen LogP contribution >= 0.6 is 0 Å². The number of benzene rings is 1. The fourth-order valence-electron chi connectivity index (χ4n) is 2.86. The van der Waals surface area contributed by atoms with E-state index >= 15 is 0 Å². The van der Waals surface area contributed by atoms with Crippen molar-refractivity contribution in [3.05, 3.63) is 42.1 Å². The average Bonchev–Trinajstić information content (AvgIpc) is 2.90. The number of hydrogen-bond donors (Lipinski definition) is 2. The van der Waals surface area contributed by atoms with Gasteiger partial charge in [0.2, 0.25) is 0 Å². The molecule has 22 heavy (non-hydrogen) atoms. The first-order chi connectivity index (χ1) is 10.7. The molecule has 1 fully saturated rings. The molecule has 1 saturated heterocycles. The van der Waals surface area contributed by atoms with Crippen LogP contribution in [0, 0.1) is 0 Å². The molecule has 118 valence electrons. The molecule has 1 aromatic heterocycles. The van der Waals surface area contributed by atoms with Gasteiger partial charge in [-0.3, -0.25) is 4.68 Å². The van der Waals surface area contributed by atoms with Crippen molar-refractivity contribution in [1.82, 2.24) is 15.1 Å². The molecule has 1 aromatic carbocycles. The van der Waals surface area contributed by atoms with E-state index < -0.39 is 5.60 Å². The third kappa shape index (κ3) is 3.55. The molecule has 0 spiro atoms. The standard InChI is InChI=1S/C17H23N3O2/c1-20-12-15(16(19-20)14-5-3-2-4-6-14)11-18-13-17(21)7-9-22-10-8-17/h2-6,12,18,21H,7-11,13H2,1H3. The number of aromatic nitrogens is 2. The Labute approximate surface area is 130 Å². The topological polar surface area (TPSA) is 59.3 Å². The van der Waals surface area contributed by atoms with Crippen LogP contribution in [-0.4, -0.2) is 40.2 Å². The second-order valence-corrected chi connectivity index (χ2v) is 5.98. The molecule has 2 N–H and O–H groups in total. The molecule has 0 saturated carbocycles. The SMILES string of the molecule is Cn1cc(CNCC2(O)CCOCC2)c(-c2ccccc2)n1. The molecule has 1 aliphatic heterocycles. The predicted molar refractivity (Wildman–Crippen MR) is 85.4 cm³/mol. The summed E-state index contributed by atoms with van der Waals surface area (Å²) in [5.41, 5.74) is 2.61. The molecule has 5 heteroatoms. The Morgan fingerprint density at radius 3 is 2.73 bits per heavy atom. The van der Waals surface area contributed by atoms with Gasteiger partial charge < -0.3 is 15.2 Å². The predicted octanol–water partition coefficient (Wildman–Crippen LogP) is 1.72. The van der Waals surface area contributed by atoms with Crippen LogP contribution in [0.15, 0.2) is 36.5 Å². The Morgan fingerprint density at radius 1 is 1.27 bits per heavy atom. The van der Waals surface area contributed by atoms with Gasteiger partial charge in [0.1, 0.15) is 0 Å². The number of nitrogens with zero attached hydrogens (tertiary/aromatic N) is 2. The summed E-state index contributed by atoms with van der Waals surface area (Å²) < 4.78 is 7.14. The normalized spacial score (nSPS) is 17.5. The number of nitrogens with one attached hydrogen (secondary N) is 1.